The van der Waals surface area contributed by atoms with E-state index in [-0.39, 0.29) is 11.8 Å². The maximum atomic E-state index is 12.6. The molecular formula is C29H41N3O2. The molecular weight excluding hydrogens is 422 g/mol. The van der Waals surface area contributed by atoms with Gasteiger partial charge >= 0.3 is 0 Å². The average molecular weight is 464 g/mol. The van der Waals surface area contributed by atoms with Gasteiger partial charge in [0.2, 0.25) is 5.91 Å². The minimum atomic E-state index is -0.0829. The third kappa shape index (κ3) is 7.89. The number of carbonyl (C=O) groups is 2. The van der Waals surface area contributed by atoms with Gasteiger partial charge in [-0.15, -0.1) is 0 Å². The molecule has 0 spiro atoms. The molecule has 0 aliphatic carbocycles. The summed E-state index contributed by atoms with van der Waals surface area (Å²) in [5, 5.41) is 3.00. The van der Waals surface area contributed by atoms with E-state index >= 15 is 0 Å². The molecule has 1 heterocycles. The van der Waals surface area contributed by atoms with E-state index < -0.39 is 0 Å². The summed E-state index contributed by atoms with van der Waals surface area (Å²) in [6.07, 6.45) is 10.0. The molecule has 1 N–H and O–H groups in total. The van der Waals surface area contributed by atoms with Gasteiger partial charge in [-0.1, -0.05) is 58.1 Å². The van der Waals surface area contributed by atoms with Crippen LogP contribution in [0.15, 0.2) is 48.5 Å². The summed E-state index contributed by atoms with van der Waals surface area (Å²) >= 11 is 0. The van der Waals surface area contributed by atoms with Crippen LogP contribution in [0.4, 0.5) is 11.4 Å². The molecule has 0 atom stereocenters. The number of amides is 2. The quantitative estimate of drug-likeness (QED) is 0.376. The molecule has 1 aliphatic heterocycles. The van der Waals surface area contributed by atoms with Gasteiger partial charge in [0.05, 0.1) is 0 Å². The third-order valence-corrected chi connectivity index (χ3v) is 6.65. The molecule has 0 radical (unpaired) electrons. The first kappa shape index (κ1) is 25.8. The number of piperazine rings is 1. The maximum absolute atomic E-state index is 12.6. The van der Waals surface area contributed by atoms with E-state index in [1.165, 1.54) is 31.2 Å². The van der Waals surface area contributed by atoms with Crippen LogP contribution in [-0.4, -0.2) is 42.9 Å². The molecule has 3 rings (SSSR count). The fourth-order valence-corrected chi connectivity index (χ4v) is 4.44. The summed E-state index contributed by atoms with van der Waals surface area (Å²) < 4.78 is 0. The van der Waals surface area contributed by atoms with Crippen molar-refractivity contribution >= 4 is 23.2 Å². The molecule has 184 valence electrons. The van der Waals surface area contributed by atoms with Gasteiger partial charge in [-0.25, -0.2) is 0 Å². The third-order valence-electron chi connectivity index (χ3n) is 6.65. The Labute approximate surface area is 205 Å². The molecule has 5 heteroatoms. The second kappa shape index (κ2) is 13.8. The Kier molecular flexibility index (Phi) is 10.5. The highest BCUT2D eigenvalue weighted by Gasteiger charge is 2.21. The molecule has 34 heavy (non-hydrogen) atoms. The largest absolute Gasteiger partial charge is 0.368 e. The van der Waals surface area contributed by atoms with Crippen molar-refractivity contribution in [1.29, 1.82) is 0 Å². The van der Waals surface area contributed by atoms with Crippen LogP contribution < -0.4 is 10.2 Å². The van der Waals surface area contributed by atoms with Gasteiger partial charge in [-0.3, -0.25) is 9.59 Å². The summed E-state index contributed by atoms with van der Waals surface area (Å²) in [7, 11) is 0. The van der Waals surface area contributed by atoms with Crippen molar-refractivity contribution < 1.29 is 9.59 Å². The van der Waals surface area contributed by atoms with Crippen molar-refractivity contribution in [3.05, 3.63) is 59.7 Å². The van der Waals surface area contributed by atoms with Crippen molar-refractivity contribution in [1.82, 2.24) is 4.90 Å². The highest BCUT2D eigenvalue weighted by Crippen LogP contribution is 2.21. The van der Waals surface area contributed by atoms with Crippen molar-refractivity contribution in [2.45, 2.75) is 71.6 Å². The zero-order valence-electron chi connectivity index (χ0n) is 21.0. The molecule has 2 aromatic rings. The molecule has 2 amide bonds. The van der Waals surface area contributed by atoms with Gasteiger partial charge in [-0.05, 0) is 61.2 Å². The number of aryl methyl sites for hydroxylation is 1. The van der Waals surface area contributed by atoms with Gasteiger partial charge in [0.25, 0.3) is 5.91 Å². The summed E-state index contributed by atoms with van der Waals surface area (Å²) in [5.41, 5.74) is 3.89. The number of hydrogen-bond donors (Lipinski definition) is 1. The summed E-state index contributed by atoms with van der Waals surface area (Å²) in [5.74, 6) is 0.205. The van der Waals surface area contributed by atoms with Crippen molar-refractivity contribution in [2.24, 2.45) is 0 Å². The number of nitrogens with zero attached hydrogens (tertiary/aromatic N) is 2. The number of benzene rings is 2. The van der Waals surface area contributed by atoms with Crippen LogP contribution in [0.1, 0.15) is 81.1 Å². The Hall–Kier alpha value is -2.82. The van der Waals surface area contributed by atoms with Crippen LogP contribution in [0.3, 0.4) is 0 Å². The highest BCUT2D eigenvalue weighted by atomic mass is 16.2. The van der Waals surface area contributed by atoms with Gasteiger partial charge < -0.3 is 15.1 Å². The lowest BCUT2D eigenvalue weighted by Crippen LogP contribution is -2.48. The zero-order valence-corrected chi connectivity index (χ0v) is 21.0. The standard InChI is InChI=1S/C29H41N3O2/c1-3-5-7-9-10-24-12-14-25(15-13-24)29(34)30-26-16-18-27(19-17-26)31-20-22-32(23-21-31)28(33)11-8-6-4-2/h12-19H,3-11,20-23H2,1-2H3,(H,30,34). The second-order valence-electron chi connectivity index (χ2n) is 9.33. The predicted octanol–water partition coefficient (Wildman–Crippen LogP) is 6.29. The van der Waals surface area contributed by atoms with Crippen molar-refractivity contribution in [2.75, 3.05) is 36.4 Å². The fraction of sp³-hybridized carbons (Fsp3) is 0.517. The van der Waals surface area contributed by atoms with E-state index in [1.807, 2.05) is 41.3 Å². The van der Waals surface area contributed by atoms with Gasteiger partial charge in [0.1, 0.15) is 0 Å². The lowest BCUT2D eigenvalue weighted by Gasteiger charge is -2.36. The van der Waals surface area contributed by atoms with E-state index in [9.17, 15) is 9.59 Å². The minimum absolute atomic E-state index is 0.0829. The van der Waals surface area contributed by atoms with Crippen LogP contribution in [0.2, 0.25) is 0 Å². The van der Waals surface area contributed by atoms with E-state index in [0.29, 0.717) is 12.0 Å². The normalized spacial score (nSPS) is 13.7. The number of rotatable bonds is 12. The summed E-state index contributed by atoms with van der Waals surface area (Å²) in [6, 6.07) is 16.0. The first-order chi connectivity index (χ1) is 16.6. The molecule has 1 fully saturated rings. The second-order valence-corrected chi connectivity index (χ2v) is 9.33. The number of nitrogens with one attached hydrogen (secondary N) is 1. The minimum Gasteiger partial charge on any atom is -0.368 e. The lowest BCUT2D eigenvalue weighted by molar-refractivity contribution is -0.131. The van der Waals surface area contributed by atoms with Gasteiger partial charge in [0, 0.05) is 49.5 Å². The molecule has 0 aromatic heterocycles. The molecule has 5 nitrogen and oxygen atoms in total. The molecule has 0 unspecified atom stereocenters. The van der Waals surface area contributed by atoms with Crippen molar-refractivity contribution in [3.63, 3.8) is 0 Å². The Balaban J connectivity index is 1.45. The SMILES string of the molecule is CCCCCCc1ccc(C(=O)Nc2ccc(N3CCN(C(=O)CCCCC)CC3)cc2)cc1. The van der Waals surface area contributed by atoms with E-state index in [2.05, 4.69) is 36.2 Å². The van der Waals surface area contributed by atoms with E-state index in [4.69, 9.17) is 0 Å². The van der Waals surface area contributed by atoms with Crippen molar-refractivity contribution in [3.8, 4) is 0 Å². The lowest BCUT2D eigenvalue weighted by atomic mass is 10.0. The highest BCUT2D eigenvalue weighted by molar-refractivity contribution is 6.04. The van der Waals surface area contributed by atoms with Crippen LogP contribution in [0, 0.1) is 0 Å². The Bertz CT molecular complexity index is 885. The summed E-state index contributed by atoms with van der Waals surface area (Å²) in [4.78, 5) is 29.3. The Morgan fingerprint density at radius 2 is 1.41 bits per heavy atom. The number of unbranched alkanes of at least 4 members (excludes halogenated alkanes) is 5. The number of hydrogen-bond acceptors (Lipinski definition) is 3. The monoisotopic (exact) mass is 463 g/mol. The molecule has 2 aromatic carbocycles. The van der Waals surface area contributed by atoms with Gasteiger partial charge in [0.15, 0.2) is 0 Å². The van der Waals surface area contributed by atoms with Crippen LogP contribution in [0.25, 0.3) is 0 Å². The molecule has 0 saturated carbocycles. The Morgan fingerprint density at radius 3 is 2.06 bits per heavy atom. The predicted molar refractivity (Wildman–Crippen MR) is 142 cm³/mol. The smallest absolute Gasteiger partial charge is 0.255 e. The fourth-order valence-electron chi connectivity index (χ4n) is 4.44. The molecule has 1 saturated heterocycles. The average Bonchev–Trinajstić information content (AvgIpc) is 2.87. The number of anilines is 2. The van der Waals surface area contributed by atoms with E-state index in [1.54, 1.807) is 0 Å². The first-order valence-corrected chi connectivity index (χ1v) is 13.1. The Morgan fingerprint density at radius 1 is 0.765 bits per heavy atom. The van der Waals surface area contributed by atoms with Crippen LogP contribution >= 0.6 is 0 Å². The molecule has 1 aliphatic rings. The first-order valence-electron chi connectivity index (χ1n) is 13.1. The van der Waals surface area contributed by atoms with E-state index in [0.717, 1.165) is 63.2 Å². The van der Waals surface area contributed by atoms with Gasteiger partial charge in [-0.2, -0.15) is 0 Å². The van der Waals surface area contributed by atoms with Crippen LogP contribution in [0.5, 0.6) is 0 Å². The number of carbonyl (C=O) groups excluding carboxylic acids is 2. The zero-order chi connectivity index (χ0) is 24.2. The topological polar surface area (TPSA) is 52.7 Å². The molecule has 0 bridgehead atoms. The maximum Gasteiger partial charge on any atom is 0.255 e. The summed E-state index contributed by atoms with van der Waals surface area (Å²) in [6.45, 7) is 7.62. The van der Waals surface area contributed by atoms with Crippen LogP contribution in [-0.2, 0) is 11.2 Å².